The van der Waals surface area contributed by atoms with Gasteiger partial charge in [-0.1, -0.05) is 12.1 Å². The smallest absolute Gasteiger partial charge is 0.488 e. The average Bonchev–Trinajstić information content (AvgIpc) is 2.14. The molecule has 1 aromatic carbocycles. The maximum absolute atomic E-state index is 11.9. The molecule has 0 bridgehead atoms. The zero-order valence-electron chi connectivity index (χ0n) is 7.75. The van der Waals surface area contributed by atoms with E-state index in [1.807, 2.05) is 0 Å². The summed E-state index contributed by atoms with van der Waals surface area (Å²) in [7, 11) is 0. The highest BCUT2D eigenvalue weighted by atomic mass is 19.4. The molecule has 15 heavy (non-hydrogen) atoms. The van der Waals surface area contributed by atoms with E-state index in [0.29, 0.717) is 0 Å². The van der Waals surface area contributed by atoms with Crippen LogP contribution in [0, 0.1) is 0 Å². The van der Waals surface area contributed by atoms with E-state index >= 15 is 0 Å². The van der Waals surface area contributed by atoms with E-state index in [9.17, 15) is 13.2 Å². The average molecular weight is 221 g/mol. The van der Waals surface area contributed by atoms with Gasteiger partial charge in [-0.2, -0.15) is 0 Å². The summed E-state index contributed by atoms with van der Waals surface area (Å²) in [6, 6.07) is 5.54. The molecule has 0 saturated carbocycles. The largest absolute Gasteiger partial charge is 0.573 e. The Morgan fingerprint density at radius 1 is 1.13 bits per heavy atom. The van der Waals surface area contributed by atoms with Crippen molar-refractivity contribution in [2.45, 2.75) is 6.36 Å². The highest BCUT2D eigenvalue weighted by molar-refractivity contribution is 5.39. The van der Waals surface area contributed by atoms with Crippen molar-refractivity contribution in [3.8, 4) is 11.5 Å². The number of hydrogen-bond donors (Lipinski definition) is 1. The molecule has 0 aliphatic carbocycles. The Balaban J connectivity index is 2.77. The predicted octanol–water partition coefficient (Wildman–Crippen LogP) is 1.92. The van der Waals surface area contributed by atoms with E-state index in [1.54, 1.807) is 6.07 Å². The summed E-state index contributed by atoms with van der Waals surface area (Å²) in [5.74, 6) is -0.335. The van der Waals surface area contributed by atoms with Crippen LogP contribution in [0.15, 0.2) is 24.3 Å². The Bertz CT molecular complexity index is 314. The van der Waals surface area contributed by atoms with Crippen molar-refractivity contribution in [3.05, 3.63) is 24.3 Å². The van der Waals surface area contributed by atoms with Gasteiger partial charge in [0.2, 0.25) is 0 Å². The Hall–Kier alpha value is -1.43. The quantitative estimate of drug-likeness (QED) is 0.844. The van der Waals surface area contributed by atoms with Crippen LogP contribution in [0.2, 0.25) is 0 Å². The van der Waals surface area contributed by atoms with Gasteiger partial charge in [-0.05, 0) is 12.1 Å². The van der Waals surface area contributed by atoms with Gasteiger partial charge in [0, 0.05) is 6.54 Å². The molecule has 0 aliphatic rings. The minimum absolute atomic E-state index is 0.0280. The third-order valence-electron chi connectivity index (χ3n) is 1.45. The molecule has 0 aliphatic heterocycles. The first-order valence-electron chi connectivity index (χ1n) is 4.20. The monoisotopic (exact) mass is 221 g/mol. The molecule has 0 aromatic heterocycles. The number of ether oxygens (including phenoxy) is 2. The fourth-order valence-corrected chi connectivity index (χ4v) is 0.947. The Morgan fingerprint density at radius 2 is 1.73 bits per heavy atom. The summed E-state index contributed by atoms with van der Waals surface area (Å²) in [5.41, 5.74) is 5.17. The summed E-state index contributed by atoms with van der Waals surface area (Å²) < 4.78 is 44.6. The van der Waals surface area contributed by atoms with E-state index in [2.05, 4.69) is 4.74 Å². The fraction of sp³-hybridized carbons (Fsp3) is 0.333. The fourth-order valence-electron chi connectivity index (χ4n) is 0.947. The summed E-state index contributed by atoms with van der Waals surface area (Å²) in [4.78, 5) is 0. The number of alkyl halides is 3. The van der Waals surface area contributed by atoms with Crippen molar-refractivity contribution in [3.63, 3.8) is 0 Å². The Morgan fingerprint density at radius 3 is 2.27 bits per heavy atom. The second-order valence-corrected chi connectivity index (χ2v) is 2.63. The Kier molecular flexibility index (Phi) is 3.79. The lowest BCUT2D eigenvalue weighted by molar-refractivity contribution is -0.275. The zero-order chi connectivity index (χ0) is 11.3. The van der Waals surface area contributed by atoms with Crippen LogP contribution in [0.4, 0.5) is 13.2 Å². The minimum Gasteiger partial charge on any atom is -0.488 e. The van der Waals surface area contributed by atoms with Crippen LogP contribution in [0.5, 0.6) is 11.5 Å². The third kappa shape index (κ3) is 4.07. The first kappa shape index (κ1) is 11.6. The van der Waals surface area contributed by atoms with Gasteiger partial charge in [0.25, 0.3) is 0 Å². The second-order valence-electron chi connectivity index (χ2n) is 2.63. The van der Waals surface area contributed by atoms with Crippen molar-refractivity contribution in [1.82, 2.24) is 0 Å². The molecule has 0 heterocycles. The van der Waals surface area contributed by atoms with Crippen LogP contribution in [-0.4, -0.2) is 19.5 Å². The summed E-state index contributed by atoms with van der Waals surface area (Å²) in [6.45, 7) is 0.360. The molecule has 0 unspecified atom stereocenters. The van der Waals surface area contributed by atoms with Gasteiger partial charge < -0.3 is 15.2 Å². The van der Waals surface area contributed by atoms with Crippen LogP contribution in [-0.2, 0) is 0 Å². The molecule has 2 N–H and O–H groups in total. The number of para-hydroxylation sites is 2. The molecule has 1 aromatic rings. The predicted molar refractivity (Wildman–Crippen MR) is 47.7 cm³/mol. The van der Waals surface area contributed by atoms with Gasteiger partial charge in [-0.25, -0.2) is 0 Å². The van der Waals surface area contributed by atoms with Gasteiger partial charge in [0.05, 0.1) is 0 Å². The van der Waals surface area contributed by atoms with E-state index in [4.69, 9.17) is 10.5 Å². The molecule has 84 valence electrons. The number of nitrogens with two attached hydrogens (primary N) is 1. The molecular weight excluding hydrogens is 211 g/mol. The van der Waals surface area contributed by atoms with Crippen molar-refractivity contribution >= 4 is 0 Å². The minimum atomic E-state index is -4.72. The lowest BCUT2D eigenvalue weighted by Crippen LogP contribution is -2.18. The van der Waals surface area contributed by atoms with Crippen LogP contribution >= 0.6 is 0 Å². The van der Waals surface area contributed by atoms with Crippen LogP contribution in [0.1, 0.15) is 0 Å². The molecule has 0 saturated heterocycles. The molecular formula is C9H10F3NO2. The van der Waals surface area contributed by atoms with Crippen LogP contribution in [0.3, 0.4) is 0 Å². The van der Waals surface area contributed by atoms with Crippen molar-refractivity contribution in [1.29, 1.82) is 0 Å². The van der Waals surface area contributed by atoms with E-state index in [1.165, 1.54) is 18.2 Å². The molecule has 0 fully saturated rings. The van der Waals surface area contributed by atoms with E-state index < -0.39 is 6.36 Å². The van der Waals surface area contributed by atoms with Crippen molar-refractivity contribution < 1.29 is 22.6 Å². The normalized spacial score (nSPS) is 11.2. The maximum atomic E-state index is 11.9. The van der Waals surface area contributed by atoms with Gasteiger partial charge in [0.1, 0.15) is 6.61 Å². The molecule has 0 atom stereocenters. The zero-order valence-corrected chi connectivity index (χ0v) is 7.75. The lowest BCUT2D eigenvalue weighted by Gasteiger charge is -2.13. The third-order valence-corrected chi connectivity index (χ3v) is 1.45. The first-order valence-corrected chi connectivity index (χ1v) is 4.20. The van der Waals surface area contributed by atoms with E-state index in [0.717, 1.165) is 0 Å². The lowest BCUT2D eigenvalue weighted by atomic mass is 10.3. The van der Waals surface area contributed by atoms with Crippen LogP contribution in [0.25, 0.3) is 0 Å². The topological polar surface area (TPSA) is 44.5 Å². The molecule has 6 heteroatoms. The van der Waals surface area contributed by atoms with E-state index in [-0.39, 0.29) is 24.7 Å². The molecule has 3 nitrogen and oxygen atoms in total. The molecule has 0 amide bonds. The highest BCUT2D eigenvalue weighted by Crippen LogP contribution is 2.31. The van der Waals surface area contributed by atoms with Crippen molar-refractivity contribution in [2.75, 3.05) is 13.2 Å². The summed E-state index contributed by atoms with van der Waals surface area (Å²) in [6.07, 6.45) is -4.72. The van der Waals surface area contributed by atoms with Gasteiger partial charge >= 0.3 is 6.36 Å². The number of halogens is 3. The van der Waals surface area contributed by atoms with Gasteiger partial charge in [-0.15, -0.1) is 13.2 Å². The SMILES string of the molecule is NCCOc1ccccc1OC(F)(F)F. The first-order chi connectivity index (χ1) is 7.03. The number of benzene rings is 1. The van der Waals surface area contributed by atoms with Crippen LogP contribution < -0.4 is 15.2 Å². The standard InChI is InChI=1S/C9H10F3NO2/c10-9(11,12)15-8-4-2-1-3-7(8)14-6-5-13/h1-4H,5-6,13H2. The maximum Gasteiger partial charge on any atom is 0.573 e. The summed E-state index contributed by atoms with van der Waals surface area (Å²) in [5, 5.41) is 0. The molecule has 0 radical (unpaired) electrons. The number of rotatable bonds is 4. The van der Waals surface area contributed by atoms with Gasteiger partial charge in [0.15, 0.2) is 11.5 Å². The molecule has 0 spiro atoms. The van der Waals surface area contributed by atoms with Gasteiger partial charge in [-0.3, -0.25) is 0 Å². The highest BCUT2D eigenvalue weighted by Gasteiger charge is 2.32. The number of hydrogen-bond acceptors (Lipinski definition) is 3. The Labute approximate surface area is 84.6 Å². The molecule has 1 rings (SSSR count). The van der Waals surface area contributed by atoms with Crippen molar-refractivity contribution in [2.24, 2.45) is 5.73 Å². The summed E-state index contributed by atoms with van der Waals surface area (Å²) >= 11 is 0. The second kappa shape index (κ2) is 4.88.